The number of hydrogen-bond donors (Lipinski definition) is 2. The highest BCUT2D eigenvalue weighted by atomic mass is 35.5. The van der Waals surface area contributed by atoms with Gasteiger partial charge >= 0.3 is 0 Å². The summed E-state index contributed by atoms with van der Waals surface area (Å²) in [6.45, 7) is 3.63. The Hall–Kier alpha value is -2.05. The Bertz CT molecular complexity index is 680. The lowest BCUT2D eigenvalue weighted by Gasteiger charge is -2.12. The van der Waals surface area contributed by atoms with E-state index < -0.39 is 11.8 Å². The zero-order chi connectivity index (χ0) is 16.1. The summed E-state index contributed by atoms with van der Waals surface area (Å²) in [7, 11) is 0. The van der Waals surface area contributed by atoms with Gasteiger partial charge in [-0.3, -0.25) is 20.4 Å². The first-order valence-corrected chi connectivity index (χ1v) is 7.70. The number of para-hydroxylation sites is 1. The number of carbonyl (C=O) groups excluding carboxylic acids is 2. The molecule has 22 heavy (non-hydrogen) atoms. The molecular formula is C15H15ClN2O3S. The number of benzene rings is 1. The van der Waals surface area contributed by atoms with Crippen LogP contribution in [0.3, 0.4) is 0 Å². The number of hydrazine groups is 1. The maximum atomic E-state index is 11.7. The standard InChI is InChI=1S/C15H15ClN2O3S/c1-9-4-3-5-10(2)14(9)21-8-13(19)17-18-15(20)11-6-7-12(16)22-11/h3-7H,8H2,1-2H3,(H,17,19)(H,18,20). The number of rotatable bonds is 4. The molecule has 0 aliphatic heterocycles. The van der Waals surface area contributed by atoms with Gasteiger partial charge in [-0.15, -0.1) is 11.3 Å². The van der Waals surface area contributed by atoms with E-state index in [0.717, 1.165) is 22.5 Å². The van der Waals surface area contributed by atoms with E-state index in [1.54, 1.807) is 12.1 Å². The third-order valence-electron chi connectivity index (χ3n) is 2.87. The maximum Gasteiger partial charge on any atom is 0.279 e. The number of carbonyl (C=O) groups is 2. The van der Waals surface area contributed by atoms with Crippen LogP contribution in [0.1, 0.15) is 20.8 Å². The third-order valence-corrected chi connectivity index (χ3v) is 4.10. The third kappa shape index (κ3) is 4.22. The van der Waals surface area contributed by atoms with E-state index in [0.29, 0.717) is 15.0 Å². The van der Waals surface area contributed by atoms with Crippen LogP contribution in [0.2, 0.25) is 4.34 Å². The van der Waals surface area contributed by atoms with Crippen molar-refractivity contribution >= 4 is 34.8 Å². The van der Waals surface area contributed by atoms with Gasteiger partial charge in [-0.1, -0.05) is 29.8 Å². The van der Waals surface area contributed by atoms with Crippen molar-refractivity contribution in [2.45, 2.75) is 13.8 Å². The van der Waals surface area contributed by atoms with Gasteiger partial charge in [0.25, 0.3) is 11.8 Å². The molecule has 0 radical (unpaired) electrons. The molecular weight excluding hydrogens is 324 g/mol. The minimum absolute atomic E-state index is 0.183. The van der Waals surface area contributed by atoms with Crippen LogP contribution < -0.4 is 15.6 Å². The average molecular weight is 339 g/mol. The Kier molecular flexibility index (Phi) is 5.41. The molecule has 0 saturated carbocycles. The summed E-state index contributed by atoms with van der Waals surface area (Å²) in [6.07, 6.45) is 0. The van der Waals surface area contributed by atoms with Crippen LogP contribution in [0.15, 0.2) is 30.3 Å². The second kappa shape index (κ2) is 7.29. The Balaban J connectivity index is 1.82. The molecule has 0 atom stereocenters. The van der Waals surface area contributed by atoms with Crippen molar-refractivity contribution in [1.29, 1.82) is 0 Å². The molecule has 2 aromatic rings. The zero-order valence-corrected chi connectivity index (χ0v) is 13.7. The summed E-state index contributed by atoms with van der Waals surface area (Å²) in [5.74, 6) is -0.190. The molecule has 1 aromatic heterocycles. The van der Waals surface area contributed by atoms with Crippen LogP contribution in [-0.4, -0.2) is 18.4 Å². The van der Waals surface area contributed by atoms with Gasteiger partial charge < -0.3 is 4.74 Å². The highest BCUT2D eigenvalue weighted by molar-refractivity contribution is 7.17. The van der Waals surface area contributed by atoms with E-state index in [4.69, 9.17) is 16.3 Å². The molecule has 5 nitrogen and oxygen atoms in total. The molecule has 2 rings (SSSR count). The fraction of sp³-hybridized carbons (Fsp3) is 0.200. The highest BCUT2D eigenvalue weighted by Gasteiger charge is 2.11. The Morgan fingerprint density at radius 3 is 2.41 bits per heavy atom. The zero-order valence-electron chi connectivity index (χ0n) is 12.1. The van der Waals surface area contributed by atoms with Crippen LogP contribution in [-0.2, 0) is 4.79 Å². The summed E-state index contributed by atoms with van der Waals surface area (Å²) in [5, 5.41) is 0. The molecule has 116 valence electrons. The number of aryl methyl sites for hydroxylation is 2. The van der Waals surface area contributed by atoms with E-state index in [1.807, 2.05) is 32.0 Å². The molecule has 0 unspecified atom stereocenters. The first kappa shape index (κ1) is 16.3. The van der Waals surface area contributed by atoms with Crippen molar-refractivity contribution in [2.75, 3.05) is 6.61 Å². The fourth-order valence-electron chi connectivity index (χ4n) is 1.83. The van der Waals surface area contributed by atoms with Crippen LogP contribution >= 0.6 is 22.9 Å². The second-order valence-electron chi connectivity index (χ2n) is 4.62. The number of halogens is 1. The van der Waals surface area contributed by atoms with Crippen LogP contribution in [0.25, 0.3) is 0 Å². The normalized spacial score (nSPS) is 10.1. The smallest absolute Gasteiger partial charge is 0.279 e. The van der Waals surface area contributed by atoms with Crippen molar-refractivity contribution in [3.05, 3.63) is 50.7 Å². The molecule has 1 aromatic carbocycles. The number of nitrogens with one attached hydrogen (secondary N) is 2. The van der Waals surface area contributed by atoms with Gasteiger partial charge in [0.2, 0.25) is 0 Å². The second-order valence-corrected chi connectivity index (χ2v) is 6.33. The first-order valence-electron chi connectivity index (χ1n) is 6.51. The molecule has 0 aliphatic rings. The van der Waals surface area contributed by atoms with Gasteiger partial charge in [-0.2, -0.15) is 0 Å². The SMILES string of the molecule is Cc1cccc(C)c1OCC(=O)NNC(=O)c1ccc(Cl)s1. The lowest BCUT2D eigenvalue weighted by Crippen LogP contribution is -2.43. The summed E-state index contributed by atoms with van der Waals surface area (Å²) in [6, 6.07) is 8.93. The van der Waals surface area contributed by atoms with Crippen LogP contribution in [0, 0.1) is 13.8 Å². The van der Waals surface area contributed by atoms with Crippen LogP contribution in [0.4, 0.5) is 0 Å². The predicted octanol–water partition coefficient (Wildman–Crippen LogP) is 2.86. The Labute approximate surface area is 137 Å². The molecule has 0 aliphatic carbocycles. The van der Waals surface area contributed by atoms with E-state index in [2.05, 4.69) is 10.9 Å². The molecule has 2 N–H and O–H groups in total. The lowest BCUT2D eigenvalue weighted by molar-refractivity contribution is -0.123. The summed E-state index contributed by atoms with van der Waals surface area (Å²) >= 11 is 6.88. The Morgan fingerprint density at radius 2 is 1.82 bits per heavy atom. The topological polar surface area (TPSA) is 67.4 Å². The molecule has 0 bridgehead atoms. The van der Waals surface area contributed by atoms with Gasteiger partial charge in [0.1, 0.15) is 5.75 Å². The van der Waals surface area contributed by atoms with Gasteiger partial charge in [0, 0.05) is 0 Å². The quantitative estimate of drug-likeness (QED) is 0.842. The number of amides is 2. The van der Waals surface area contributed by atoms with Gasteiger partial charge in [0.05, 0.1) is 9.21 Å². The molecule has 0 saturated heterocycles. The van der Waals surface area contributed by atoms with Gasteiger partial charge in [0.15, 0.2) is 6.61 Å². The maximum absolute atomic E-state index is 11.7. The van der Waals surface area contributed by atoms with Crippen molar-refractivity contribution in [1.82, 2.24) is 10.9 Å². The van der Waals surface area contributed by atoms with Crippen molar-refractivity contribution < 1.29 is 14.3 Å². The van der Waals surface area contributed by atoms with Crippen LogP contribution in [0.5, 0.6) is 5.75 Å². The largest absolute Gasteiger partial charge is 0.483 e. The number of ether oxygens (including phenoxy) is 1. The van der Waals surface area contributed by atoms with E-state index in [1.165, 1.54) is 0 Å². The minimum Gasteiger partial charge on any atom is -0.483 e. The summed E-state index contributed by atoms with van der Waals surface area (Å²) < 4.78 is 6.00. The average Bonchev–Trinajstić information content (AvgIpc) is 2.91. The van der Waals surface area contributed by atoms with Gasteiger partial charge in [-0.25, -0.2) is 0 Å². The molecule has 0 spiro atoms. The molecule has 7 heteroatoms. The predicted molar refractivity (Wildman–Crippen MR) is 86.3 cm³/mol. The minimum atomic E-state index is -0.446. The summed E-state index contributed by atoms with van der Waals surface area (Å²) in [4.78, 5) is 23.9. The van der Waals surface area contributed by atoms with Crippen molar-refractivity contribution in [2.24, 2.45) is 0 Å². The first-order chi connectivity index (χ1) is 10.5. The van der Waals surface area contributed by atoms with Gasteiger partial charge in [-0.05, 0) is 37.1 Å². The highest BCUT2D eigenvalue weighted by Crippen LogP contribution is 2.22. The number of hydrogen-bond acceptors (Lipinski definition) is 4. The monoisotopic (exact) mass is 338 g/mol. The molecule has 0 fully saturated rings. The summed E-state index contributed by atoms with van der Waals surface area (Å²) in [5.41, 5.74) is 6.51. The van der Waals surface area contributed by atoms with Crippen molar-refractivity contribution in [3.63, 3.8) is 0 Å². The van der Waals surface area contributed by atoms with E-state index >= 15 is 0 Å². The lowest BCUT2D eigenvalue weighted by atomic mass is 10.1. The van der Waals surface area contributed by atoms with E-state index in [9.17, 15) is 9.59 Å². The molecule has 1 heterocycles. The van der Waals surface area contributed by atoms with E-state index in [-0.39, 0.29) is 6.61 Å². The fourth-order valence-corrected chi connectivity index (χ4v) is 2.76. The number of thiophene rings is 1. The Morgan fingerprint density at radius 1 is 1.14 bits per heavy atom. The van der Waals surface area contributed by atoms with Crippen molar-refractivity contribution in [3.8, 4) is 5.75 Å². The molecule has 2 amide bonds.